The van der Waals surface area contributed by atoms with Crippen LogP contribution in [0.2, 0.25) is 0 Å². The average molecular weight is 407 g/mol. The number of rotatable bonds is 7. The van der Waals surface area contributed by atoms with Crippen LogP contribution in [0, 0.1) is 11.6 Å². The zero-order valence-corrected chi connectivity index (χ0v) is 15.8. The van der Waals surface area contributed by atoms with Gasteiger partial charge in [0, 0.05) is 18.9 Å². The first-order valence-electron chi connectivity index (χ1n) is 9.41. The molecule has 0 saturated carbocycles. The molecule has 2 aromatic carbocycles. The van der Waals surface area contributed by atoms with Gasteiger partial charge in [-0.2, -0.15) is 0 Å². The summed E-state index contributed by atoms with van der Waals surface area (Å²) in [6.45, 7) is 0.915. The number of aliphatic hydroxyl groups is 1. The Hall–Kier alpha value is -2.87. The number of ether oxygens (including phenoxy) is 2. The van der Waals surface area contributed by atoms with Gasteiger partial charge in [-0.15, -0.1) is 0 Å². The predicted octanol–water partition coefficient (Wildman–Crippen LogP) is 3.64. The summed E-state index contributed by atoms with van der Waals surface area (Å²) in [5.41, 5.74) is 0.924. The van der Waals surface area contributed by atoms with Crippen LogP contribution in [-0.4, -0.2) is 53.6 Å². The summed E-state index contributed by atoms with van der Waals surface area (Å²) >= 11 is 0. The van der Waals surface area contributed by atoms with Crippen molar-refractivity contribution in [3.8, 4) is 11.5 Å². The Morgan fingerprint density at radius 3 is 2.34 bits per heavy atom. The lowest BCUT2D eigenvalue weighted by Gasteiger charge is -2.34. The molecular formula is C21H23F2NO5. The van der Waals surface area contributed by atoms with E-state index in [0.29, 0.717) is 31.7 Å². The van der Waals surface area contributed by atoms with E-state index in [4.69, 9.17) is 14.6 Å². The Morgan fingerprint density at radius 1 is 1.07 bits per heavy atom. The Labute approximate surface area is 167 Å². The fourth-order valence-corrected chi connectivity index (χ4v) is 3.35. The van der Waals surface area contributed by atoms with Gasteiger partial charge in [0.15, 0.2) is 17.4 Å². The molecule has 29 heavy (non-hydrogen) atoms. The minimum absolute atomic E-state index is 0.0981. The van der Waals surface area contributed by atoms with Crippen LogP contribution < -0.4 is 9.47 Å². The predicted molar refractivity (Wildman–Crippen MR) is 101 cm³/mol. The maximum absolute atomic E-state index is 13.5. The van der Waals surface area contributed by atoms with E-state index in [1.807, 2.05) is 12.1 Å². The molecule has 1 aliphatic rings. The van der Waals surface area contributed by atoms with Gasteiger partial charge in [0.05, 0.1) is 25.9 Å². The molecule has 0 radical (unpaired) electrons. The Morgan fingerprint density at radius 2 is 1.72 bits per heavy atom. The summed E-state index contributed by atoms with van der Waals surface area (Å²) in [7, 11) is 0. The highest BCUT2D eigenvalue weighted by Gasteiger charge is 2.30. The SMILES string of the molecule is O=C(O)N1CCC(c2ccc(OCCCOc3c(F)cccc3F)cc2)C(O)C1. The number of benzene rings is 2. The molecule has 0 aromatic heterocycles. The number of carboxylic acid groups (broad SMARTS) is 1. The molecule has 1 aliphatic heterocycles. The lowest BCUT2D eigenvalue weighted by atomic mass is 9.87. The van der Waals surface area contributed by atoms with Gasteiger partial charge in [0.1, 0.15) is 5.75 Å². The molecule has 1 amide bonds. The average Bonchev–Trinajstić information content (AvgIpc) is 2.70. The molecule has 6 nitrogen and oxygen atoms in total. The molecule has 0 aliphatic carbocycles. The quantitative estimate of drug-likeness (QED) is 0.685. The van der Waals surface area contributed by atoms with E-state index < -0.39 is 23.8 Å². The van der Waals surface area contributed by atoms with Crippen molar-refractivity contribution in [2.45, 2.75) is 24.9 Å². The number of hydrogen-bond acceptors (Lipinski definition) is 4. The summed E-state index contributed by atoms with van der Waals surface area (Å²) in [4.78, 5) is 12.2. The standard InChI is InChI=1S/C21H23F2NO5/c22-17-3-1-4-18(23)20(17)29-12-2-11-28-15-7-5-14(6-8-15)16-9-10-24(21(26)27)13-19(16)25/h1,3-8,16,19,25H,2,9-13H2,(H,26,27). The number of amides is 1. The van der Waals surface area contributed by atoms with Crippen LogP contribution >= 0.6 is 0 Å². The van der Waals surface area contributed by atoms with E-state index in [1.165, 1.54) is 11.0 Å². The Balaban J connectivity index is 1.43. The van der Waals surface area contributed by atoms with Gasteiger partial charge in [-0.3, -0.25) is 0 Å². The molecular weight excluding hydrogens is 384 g/mol. The summed E-state index contributed by atoms with van der Waals surface area (Å²) in [6.07, 6.45) is -0.769. The highest BCUT2D eigenvalue weighted by Crippen LogP contribution is 2.29. The number of likely N-dealkylation sites (tertiary alicyclic amines) is 1. The molecule has 2 N–H and O–H groups in total. The third-order valence-corrected chi connectivity index (χ3v) is 4.88. The summed E-state index contributed by atoms with van der Waals surface area (Å²) in [5, 5.41) is 19.3. The smallest absolute Gasteiger partial charge is 0.407 e. The molecule has 8 heteroatoms. The Kier molecular flexibility index (Phi) is 6.87. The zero-order chi connectivity index (χ0) is 20.8. The van der Waals surface area contributed by atoms with Crippen molar-refractivity contribution in [3.05, 3.63) is 59.7 Å². The van der Waals surface area contributed by atoms with Crippen LogP contribution in [0.3, 0.4) is 0 Å². The third kappa shape index (κ3) is 5.35. The lowest BCUT2D eigenvalue weighted by Crippen LogP contribution is -2.45. The van der Waals surface area contributed by atoms with Crippen LogP contribution in [0.15, 0.2) is 42.5 Å². The zero-order valence-electron chi connectivity index (χ0n) is 15.8. The number of aliphatic hydroxyl groups excluding tert-OH is 1. The van der Waals surface area contributed by atoms with E-state index in [2.05, 4.69) is 0 Å². The second-order valence-corrected chi connectivity index (χ2v) is 6.86. The molecule has 0 bridgehead atoms. The number of halogens is 2. The maximum Gasteiger partial charge on any atom is 0.407 e. The molecule has 3 rings (SSSR count). The van der Waals surface area contributed by atoms with Gasteiger partial charge in [-0.05, 0) is 36.2 Å². The van der Waals surface area contributed by atoms with Crippen molar-refractivity contribution in [1.29, 1.82) is 0 Å². The number of hydrogen-bond donors (Lipinski definition) is 2. The van der Waals surface area contributed by atoms with Crippen molar-refractivity contribution in [3.63, 3.8) is 0 Å². The topological polar surface area (TPSA) is 79.2 Å². The summed E-state index contributed by atoms with van der Waals surface area (Å²) < 4.78 is 37.7. The van der Waals surface area contributed by atoms with Gasteiger partial charge in [0.25, 0.3) is 0 Å². The van der Waals surface area contributed by atoms with Crippen LogP contribution in [0.5, 0.6) is 11.5 Å². The molecule has 2 aromatic rings. The highest BCUT2D eigenvalue weighted by atomic mass is 19.1. The highest BCUT2D eigenvalue weighted by molar-refractivity contribution is 5.65. The first-order chi connectivity index (χ1) is 14.0. The van der Waals surface area contributed by atoms with Crippen LogP contribution in [0.25, 0.3) is 0 Å². The normalized spacial score (nSPS) is 19.1. The monoisotopic (exact) mass is 407 g/mol. The largest absolute Gasteiger partial charge is 0.493 e. The van der Waals surface area contributed by atoms with E-state index >= 15 is 0 Å². The van der Waals surface area contributed by atoms with Crippen molar-refractivity contribution in [2.24, 2.45) is 0 Å². The van der Waals surface area contributed by atoms with Gasteiger partial charge in [0.2, 0.25) is 0 Å². The minimum Gasteiger partial charge on any atom is -0.493 e. The maximum atomic E-state index is 13.5. The molecule has 2 atom stereocenters. The summed E-state index contributed by atoms with van der Waals surface area (Å²) in [5.74, 6) is -1.35. The first kappa shape index (κ1) is 20.9. The fourth-order valence-electron chi connectivity index (χ4n) is 3.35. The van der Waals surface area contributed by atoms with Crippen molar-refractivity contribution >= 4 is 6.09 Å². The number of nitrogens with zero attached hydrogens (tertiary/aromatic N) is 1. The Bertz CT molecular complexity index is 810. The van der Waals surface area contributed by atoms with E-state index in [-0.39, 0.29) is 24.8 Å². The van der Waals surface area contributed by atoms with Crippen molar-refractivity contribution in [1.82, 2.24) is 4.90 Å². The second-order valence-electron chi connectivity index (χ2n) is 6.86. The van der Waals surface area contributed by atoms with E-state index in [1.54, 1.807) is 12.1 Å². The summed E-state index contributed by atoms with van der Waals surface area (Å²) in [6, 6.07) is 10.8. The number of para-hydroxylation sites is 1. The van der Waals surface area contributed by atoms with Crippen molar-refractivity contribution in [2.75, 3.05) is 26.3 Å². The molecule has 1 saturated heterocycles. The lowest BCUT2D eigenvalue weighted by molar-refractivity contribution is 0.0504. The van der Waals surface area contributed by atoms with Crippen LogP contribution in [0.4, 0.5) is 13.6 Å². The molecule has 2 unspecified atom stereocenters. The van der Waals surface area contributed by atoms with Crippen LogP contribution in [0.1, 0.15) is 24.3 Å². The number of β-amino-alcohol motifs (C(OH)–C–C–N with tert-alkyl or cyclic N) is 1. The van der Waals surface area contributed by atoms with Gasteiger partial charge in [-0.1, -0.05) is 18.2 Å². The molecule has 156 valence electrons. The molecule has 1 heterocycles. The molecule has 0 spiro atoms. The van der Waals surface area contributed by atoms with E-state index in [9.17, 15) is 18.7 Å². The van der Waals surface area contributed by atoms with Gasteiger partial charge < -0.3 is 24.6 Å². The van der Waals surface area contributed by atoms with E-state index in [0.717, 1.165) is 17.7 Å². The first-order valence-corrected chi connectivity index (χ1v) is 9.41. The second kappa shape index (κ2) is 9.56. The van der Waals surface area contributed by atoms with Crippen LogP contribution in [-0.2, 0) is 0 Å². The van der Waals surface area contributed by atoms with Gasteiger partial charge in [-0.25, -0.2) is 13.6 Å². The number of carbonyl (C=O) groups is 1. The third-order valence-electron chi connectivity index (χ3n) is 4.88. The van der Waals surface area contributed by atoms with Gasteiger partial charge >= 0.3 is 6.09 Å². The minimum atomic E-state index is -1.02. The van der Waals surface area contributed by atoms with Crippen molar-refractivity contribution < 1.29 is 33.3 Å². The number of piperidine rings is 1. The molecule has 1 fully saturated rings. The fraction of sp³-hybridized carbons (Fsp3) is 0.381.